The second kappa shape index (κ2) is 8.29. The number of hydrogen-bond acceptors (Lipinski definition) is 5. The van der Waals surface area contributed by atoms with Gasteiger partial charge in [0.2, 0.25) is 0 Å². The van der Waals surface area contributed by atoms with Crippen LogP contribution in [0.4, 0.5) is 5.69 Å². The van der Waals surface area contributed by atoms with E-state index in [1.54, 1.807) is 13.2 Å². The number of hydrogen-bond donors (Lipinski definition) is 1. The van der Waals surface area contributed by atoms with Crippen LogP contribution >= 0.6 is 0 Å². The Morgan fingerprint density at radius 1 is 1.12 bits per heavy atom. The Morgan fingerprint density at radius 3 is 2.40 bits per heavy atom. The van der Waals surface area contributed by atoms with Gasteiger partial charge in [-0.3, -0.25) is 13.9 Å². The molecule has 25 heavy (non-hydrogen) atoms. The van der Waals surface area contributed by atoms with Gasteiger partial charge < -0.3 is 10.2 Å². The lowest BCUT2D eigenvalue weighted by Gasteiger charge is -2.19. The molecule has 2 aromatic heterocycles. The number of aryl methyl sites for hydroxylation is 2. The van der Waals surface area contributed by atoms with Gasteiger partial charge in [0.1, 0.15) is 5.39 Å². The highest BCUT2D eigenvalue weighted by Crippen LogP contribution is 2.22. The summed E-state index contributed by atoms with van der Waals surface area (Å²) in [7, 11) is 3.15. The number of rotatable bonds is 8. The number of pyridine rings is 1. The number of anilines is 1. The first-order valence-corrected chi connectivity index (χ1v) is 8.99. The van der Waals surface area contributed by atoms with E-state index in [0.29, 0.717) is 11.0 Å². The van der Waals surface area contributed by atoms with Crippen LogP contribution in [0, 0.1) is 0 Å². The standard InChI is InChI=1S/C18H29N5O2/c1-6-13-12-20-16-14(17(24)22(5)18(25)21(16)4)15(13)19-10-9-11-23(7-2)8-3/h12H,6-11H2,1-5H3,(H,19,20). The highest BCUT2D eigenvalue weighted by molar-refractivity contribution is 5.90. The van der Waals surface area contributed by atoms with E-state index in [-0.39, 0.29) is 11.2 Å². The van der Waals surface area contributed by atoms with Crippen LogP contribution in [0.5, 0.6) is 0 Å². The second-order valence-electron chi connectivity index (χ2n) is 6.22. The van der Waals surface area contributed by atoms with E-state index in [9.17, 15) is 9.59 Å². The van der Waals surface area contributed by atoms with E-state index in [1.165, 1.54) is 11.6 Å². The molecule has 0 atom stereocenters. The summed E-state index contributed by atoms with van der Waals surface area (Å²) >= 11 is 0. The predicted octanol–water partition coefficient (Wildman–Crippen LogP) is 1.34. The van der Waals surface area contributed by atoms with Crippen LogP contribution in [-0.2, 0) is 20.5 Å². The smallest absolute Gasteiger partial charge is 0.332 e. The van der Waals surface area contributed by atoms with Gasteiger partial charge in [0.25, 0.3) is 5.56 Å². The van der Waals surface area contributed by atoms with Gasteiger partial charge in [-0.1, -0.05) is 20.8 Å². The molecule has 1 N–H and O–H groups in total. The Labute approximate surface area is 148 Å². The third kappa shape index (κ3) is 3.76. The summed E-state index contributed by atoms with van der Waals surface area (Å²) < 4.78 is 2.57. The highest BCUT2D eigenvalue weighted by Gasteiger charge is 2.16. The summed E-state index contributed by atoms with van der Waals surface area (Å²) in [6, 6.07) is 0. The lowest BCUT2D eigenvalue weighted by molar-refractivity contribution is 0.303. The number of nitrogens with zero attached hydrogens (tertiary/aromatic N) is 4. The molecule has 0 aliphatic heterocycles. The Morgan fingerprint density at radius 2 is 1.80 bits per heavy atom. The van der Waals surface area contributed by atoms with Crippen molar-refractivity contribution in [1.82, 2.24) is 19.0 Å². The van der Waals surface area contributed by atoms with Crippen LogP contribution < -0.4 is 16.6 Å². The first kappa shape index (κ1) is 19.2. The van der Waals surface area contributed by atoms with Gasteiger partial charge in [0.05, 0.1) is 5.69 Å². The molecule has 0 saturated heterocycles. The van der Waals surface area contributed by atoms with Gasteiger partial charge >= 0.3 is 5.69 Å². The minimum atomic E-state index is -0.360. The highest BCUT2D eigenvalue weighted by atomic mass is 16.2. The van der Waals surface area contributed by atoms with Crippen molar-refractivity contribution in [2.45, 2.75) is 33.6 Å². The number of aromatic nitrogens is 3. The molecule has 0 unspecified atom stereocenters. The minimum absolute atomic E-state index is 0.299. The van der Waals surface area contributed by atoms with Crippen molar-refractivity contribution in [1.29, 1.82) is 0 Å². The van der Waals surface area contributed by atoms with E-state index in [2.05, 4.69) is 29.0 Å². The third-order valence-electron chi connectivity index (χ3n) is 4.78. The molecule has 2 aromatic rings. The molecule has 0 radical (unpaired) electrons. The number of fused-ring (bicyclic) bond motifs is 1. The fourth-order valence-electron chi connectivity index (χ4n) is 3.09. The van der Waals surface area contributed by atoms with E-state index in [1.807, 2.05) is 6.92 Å². The van der Waals surface area contributed by atoms with Crippen LogP contribution in [0.3, 0.4) is 0 Å². The summed E-state index contributed by atoms with van der Waals surface area (Å²) in [6.45, 7) is 10.2. The van der Waals surface area contributed by atoms with Crippen LogP contribution in [0.1, 0.15) is 32.8 Å². The lowest BCUT2D eigenvalue weighted by atomic mass is 10.1. The Hall–Kier alpha value is -2.15. The van der Waals surface area contributed by atoms with Crippen LogP contribution in [0.2, 0.25) is 0 Å². The summed E-state index contributed by atoms with van der Waals surface area (Å²) in [4.78, 5) is 31.5. The normalized spacial score (nSPS) is 11.4. The quantitative estimate of drug-likeness (QED) is 0.730. The van der Waals surface area contributed by atoms with Crippen LogP contribution in [-0.4, -0.2) is 45.2 Å². The van der Waals surface area contributed by atoms with Crippen molar-refractivity contribution in [3.8, 4) is 0 Å². The molecule has 0 aliphatic carbocycles. The second-order valence-corrected chi connectivity index (χ2v) is 6.22. The SMILES string of the molecule is CCc1cnc2c(c1NCCCN(CC)CC)c(=O)n(C)c(=O)n2C. The fraction of sp³-hybridized carbons (Fsp3) is 0.611. The molecule has 0 spiro atoms. The Kier molecular flexibility index (Phi) is 6.36. The Bertz CT molecular complexity index is 849. The zero-order chi connectivity index (χ0) is 18.6. The molecule has 2 heterocycles. The maximum absolute atomic E-state index is 12.7. The molecule has 0 amide bonds. The minimum Gasteiger partial charge on any atom is -0.384 e. The van der Waals surface area contributed by atoms with Crippen LogP contribution in [0.15, 0.2) is 15.8 Å². The summed E-state index contributed by atoms with van der Waals surface area (Å²) in [5.74, 6) is 0. The van der Waals surface area contributed by atoms with E-state index in [4.69, 9.17) is 0 Å². The van der Waals surface area contributed by atoms with E-state index < -0.39 is 0 Å². The van der Waals surface area contributed by atoms with Crippen molar-refractivity contribution in [2.75, 3.05) is 31.5 Å². The molecule has 2 rings (SSSR count). The maximum atomic E-state index is 12.7. The molecule has 7 heteroatoms. The molecule has 0 aliphatic rings. The van der Waals surface area contributed by atoms with Crippen LogP contribution in [0.25, 0.3) is 11.0 Å². The van der Waals surface area contributed by atoms with Crippen molar-refractivity contribution in [2.24, 2.45) is 14.1 Å². The van der Waals surface area contributed by atoms with E-state index >= 15 is 0 Å². The summed E-state index contributed by atoms with van der Waals surface area (Å²) in [6.07, 6.45) is 3.52. The zero-order valence-electron chi connectivity index (χ0n) is 15.9. The summed E-state index contributed by atoms with van der Waals surface area (Å²) in [5.41, 5.74) is 1.57. The zero-order valence-corrected chi connectivity index (χ0v) is 15.9. The van der Waals surface area contributed by atoms with Gasteiger partial charge in [-0.05, 0) is 38.0 Å². The topological polar surface area (TPSA) is 72.2 Å². The van der Waals surface area contributed by atoms with Gasteiger partial charge in [-0.25, -0.2) is 9.78 Å². The van der Waals surface area contributed by atoms with Gasteiger partial charge in [-0.15, -0.1) is 0 Å². The third-order valence-corrected chi connectivity index (χ3v) is 4.78. The molecule has 0 aromatic carbocycles. The largest absolute Gasteiger partial charge is 0.384 e. The first-order valence-electron chi connectivity index (χ1n) is 8.99. The Balaban J connectivity index is 2.40. The molecule has 7 nitrogen and oxygen atoms in total. The van der Waals surface area contributed by atoms with Crippen molar-refractivity contribution < 1.29 is 0 Å². The van der Waals surface area contributed by atoms with Crippen molar-refractivity contribution in [3.05, 3.63) is 32.6 Å². The van der Waals surface area contributed by atoms with E-state index in [0.717, 1.165) is 54.8 Å². The molecule has 0 bridgehead atoms. The number of nitrogens with one attached hydrogen (secondary N) is 1. The maximum Gasteiger partial charge on any atom is 0.332 e. The van der Waals surface area contributed by atoms with Gasteiger partial charge in [0, 0.05) is 26.8 Å². The van der Waals surface area contributed by atoms with Gasteiger partial charge in [0.15, 0.2) is 5.65 Å². The molecule has 0 saturated carbocycles. The molecule has 138 valence electrons. The average Bonchev–Trinajstić information content (AvgIpc) is 2.64. The monoisotopic (exact) mass is 347 g/mol. The lowest BCUT2D eigenvalue weighted by Crippen LogP contribution is -2.37. The molecular formula is C18H29N5O2. The fourth-order valence-corrected chi connectivity index (χ4v) is 3.09. The first-order chi connectivity index (χ1) is 12.0. The van der Waals surface area contributed by atoms with Crippen molar-refractivity contribution in [3.63, 3.8) is 0 Å². The predicted molar refractivity (Wildman–Crippen MR) is 102 cm³/mol. The average molecular weight is 347 g/mol. The summed E-state index contributed by atoms with van der Waals surface area (Å²) in [5, 5.41) is 3.92. The van der Waals surface area contributed by atoms with Gasteiger partial charge in [-0.2, -0.15) is 0 Å². The van der Waals surface area contributed by atoms with Crippen molar-refractivity contribution >= 4 is 16.7 Å². The molecule has 0 fully saturated rings. The molecular weight excluding hydrogens is 318 g/mol.